The summed E-state index contributed by atoms with van der Waals surface area (Å²) in [5, 5.41) is 14.3. The standard InChI is InChI=1S/C24H18N2O4/c27-14-13-26-23(28)20-12-6-3-9-17(20)21(25-26)24(29)30-22-18-10-4-1-7-15(18)16-8-2-5-11-19(16)22/h1-12,22,27H,13-14H2. The number of benzene rings is 3. The molecule has 1 N–H and O–H groups in total. The van der Waals surface area contributed by atoms with Gasteiger partial charge in [-0.05, 0) is 17.2 Å². The van der Waals surface area contributed by atoms with Crippen LogP contribution < -0.4 is 5.56 Å². The Morgan fingerprint density at radius 2 is 1.47 bits per heavy atom. The first-order valence-corrected chi connectivity index (χ1v) is 9.69. The average Bonchev–Trinajstić information content (AvgIpc) is 3.10. The van der Waals surface area contributed by atoms with E-state index in [4.69, 9.17) is 4.74 Å². The number of aromatic nitrogens is 2. The van der Waals surface area contributed by atoms with Gasteiger partial charge >= 0.3 is 5.97 Å². The third-order valence-electron chi connectivity index (χ3n) is 5.37. The first-order valence-electron chi connectivity index (χ1n) is 9.69. The van der Waals surface area contributed by atoms with Crippen molar-refractivity contribution in [3.05, 3.63) is 100.0 Å². The van der Waals surface area contributed by atoms with Gasteiger partial charge in [0, 0.05) is 16.5 Å². The van der Waals surface area contributed by atoms with Crippen LogP contribution in [-0.4, -0.2) is 27.5 Å². The van der Waals surface area contributed by atoms with E-state index in [1.807, 2.05) is 48.5 Å². The molecule has 0 radical (unpaired) electrons. The number of hydrogen-bond acceptors (Lipinski definition) is 5. The maximum Gasteiger partial charge on any atom is 0.360 e. The Hall–Kier alpha value is -3.77. The molecule has 0 aliphatic heterocycles. The van der Waals surface area contributed by atoms with Gasteiger partial charge in [0.2, 0.25) is 0 Å². The molecule has 5 rings (SSSR count). The number of ether oxygens (including phenoxy) is 1. The second-order valence-corrected chi connectivity index (χ2v) is 7.11. The molecular formula is C24H18N2O4. The molecule has 148 valence electrons. The quantitative estimate of drug-likeness (QED) is 0.534. The van der Waals surface area contributed by atoms with Crippen molar-refractivity contribution in [1.29, 1.82) is 0 Å². The Bertz CT molecular complexity index is 1300. The molecule has 0 atom stereocenters. The summed E-state index contributed by atoms with van der Waals surface area (Å²) in [5.74, 6) is -0.616. The van der Waals surface area contributed by atoms with Crippen LogP contribution in [0.2, 0.25) is 0 Å². The van der Waals surface area contributed by atoms with Crippen molar-refractivity contribution in [1.82, 2.24) is 9.78 Å². The van der Waals surface area contributed by atoms with Crippen molar-refractivity contribution < 1.29 is 14.6 Å². The van der Waals surface area contributed by atoms with E-state index in [9.17, 15) is 14.7 Å². The number of hydrogen-bond donors (Lipinski definition) is 1. The van der Waals surface area contributed by atoms with E-state index in [-0.39, 0.29) is 24.4 Å². The lowest BCUT2D eigenvalue weighted by atomic mass is 10.1. The lowest BCUT2D eigenvalue weighted by Crippen LogP contribution is -2.28. The zero-order valence-electron chi connectivity index (χ0n) is 16.0. The fourth-order valence-corrected chi connectivity index (χ4v) is 4.03. The van der Waals surface area contributed by atoms with Crippen LogP contribution in [0.4, 0.5) is 0 Å². The zero-order chi connectivity index (χ0) is 20.7. The van der Waals surface area contributed by atoms with Crippen LogP contribution in [0.25, 0.3) is 21.9 Å². The molecule has 0 fully saturated rings. The number of carbonyl (C=O) groups excluding carboxylic acids is 1. The highest BCUT2D eigenvalue weighted by Crippen LogP contribution is 2.45. The SMILES string of the molecule is O=C(OC1c2ccccc2-c2ccccc21)c1nn(CCO)c(=O)c2ccccc12. The van der Waals surface area contributed by atoms with E-state index in [1.165, 1.54) is 0 Å². The summed E-state index contributed by atoms with van der Waals surface area (Å²) in [6, 6.07) is 22.5. The molecule has 0 saturated heterocycles. The Kier molecular flexibility index (Phi) is 4.41. The number of aliphatic hydroxyl groups excluding tert-OH is 1. The number of fused-ring (bicyclic) bond motifs is 4. The van der Waals surface area contributed by atoms with Gasteiger partial charge in [0.15, 0.2) is 11.8 Å². The van der Waals surface area contributed by atoms with Crippen molar-refractivity contribution in [2.75, 3.05) is 6.61 Å². The summed E-state index contributed by atoms with van der Waals surface area (Å²) in [7, 11) is 0. The lowest BCUT2D eigenvalue weighted by Gasteiger charge is -2.16. The number of aliphatic hydroxyl groups is 1. The van der Waals surface area contributed by atoms with Crippen LogP contribution in [0.1, 0.15) is 27.7 Å². The first kappa shape index (κ1) is 18.3. The molecule has 1 aromatic heterocycles. The number of carbonyl (C=O) groups is 1. The molecular weight excluding hydrogens is 380 g/mol. The molecule has 6 heteroatoms. The predicted octanol–water partition coefficient (Wildman–Crippen LogP) is 3.32. The molecule has 0 amide bonds. The van der Waals surface area contributed by atoms with Crippen molar-refractivity contribution in [2.24, 2.45) is 0 Å². The summed E-state index contributed by atoms with van der Waals surface area (Å²) in [6.45, 7) is -0.262. The Labute approximate surface area is 172 Å². The van der Waals surface area contributed by atoms with Gasteiger partial charge in [-0.3, -0.25) is 4.79 Å². The largest absolute Gasteiger partial charge is 0.448 e. The molecule has 1 aliphatic rings. The molecule has 4 aromatic rings. The molecule has 0 bridgehead atoms. The normalized spacial score (nSPS) is 12.6. The van der Waals surface area contributed by atoms with Crippen molar-refractivity contribution in [2.45, 2.75) is 12.6 Å². The number of nitrogens with zero attached hydrogens (tertiary/aromatic N) is 2. The van der Waals surface area contributed by atoms with Gasteiger partial charge in [0.05, 0.1) is 18.5 Å². The van der Waals surface area contributed by atoms with Crippen molar-refractivity contribution in [3.8, 4) is 11.1 Å². The van der Waals surface area contributed by atoms with E-state index >= 15 is 0 Å². The van der Waals surface area contributed by atoms with E-state index in [0.29, 0.717) is 10.8 Å². The van der Waals surface area contributed by atoms with Gasteiger partial charge in [-0.1, -0.05) is 66.7 Å². The van der Waals surface area contributed by atoms with Gasteiger partial charge in [-0.25, -0.2) is 9.48 Å². The van der Waals surface area contributed by atoms with Crippen LogP contribution in [0.5, 0.6) is 0 Å². The van der Waals surface area contributed by atoms with Crippen LogP contribution in [0.15, 0.2) is 77.6 Å². The smallest absolute Gasteiger partial charge is 0.360 e. The second-order valence-electron chi connectivity index (χ2n) is 7.11. The highest BCUT2D eigenvalue weighted by Gasteiger charge is 2.32. The average molecular weight is 398 g/mol. The second kappa shape index (κ2) is 7.24. The summed E-state index contributed by atoms with van der Waals surface area (Å²) in [6.07, 6.45) is -0.552. The topological polar surface area (TPSA) is 81.4 Å². The summed E-state index contributed by atoms with van der Waals surface area (Å²) < 4.78 is 7.06. The van der Waals surface area contributed by atoms with Gasteiger partial charge < -0.3 is 9.84 Å². The third kappa shape index (κ3) is 2.81. The molecule has 0 unspecified atom stereocenters. The third-order valence-corrected chi connectivity index (χ3v) is 5.37. The minimum absolute atomic E-state index is 0.000949. The maximum absolute atomic E-state index is 13.2. The molecule has 30 heavy (non-hydrogen) atoms. The molecule has 1 aliphatic carbocycles. The highest BCUT2D eigenvalue weighted by atomic mass is 16.5. The summed E-state index contributed by atoms with van der Waals surface area (Å²) >= 11 is 0. The number of rotatable bonds is 4. The van der Waals surface area contributed by atoms with Crippen LogP contribution in [0, 0.1) is 0 Å². The van der Waals surface area contributed by atoms with Crippen molar-refractivity contribution in [3.63, 3.8) is 0 Å². The highest BCUT2D eigenvalue weighted by molar-refractivity contribution is 6.02. The number of esters is 1. The van der Waals surface area contributed by atoms with E-state index in [0.717, 1.165) is 26.9 Å². The van der Waals surface area contributed by atoms with Gasteiger partial charge in [0.25, 0.3) is 5.56 Å². The molecule has 3 aromatic carbocycles. The minimum atomic E-state index is -0.616. The molecule has 1 heterocycles. The molecule has 0 saturated carbocycles. The van der Waals surface area contributed by atoms with E-state index in [2.05, 4.69) is 5.10 Å². The summed E-state index contributed by atoms with van der Waals surface area (Å²) in [5.41, 5.74) is 3.61. The molecule has 0 spiro atoms. The maximum atomic E-state index is 13.2. The van der Waals surface area contributed by atoms with Gasteiger partial charge in [-0.15, -0.1) is 0 Å². The predicted molar refractivity (Wildman–Crippen MR) is 112 cm³/mol. The van der Waals surface area contributed by atoms with Crippen molar-refractivity contribution >= 4 is 16.7 Å². The van der Waals surface area contributed by atoms with Crippen LogP contribution >= 0.6 is 0 Å². The zero-order valence-corrected chi connectivity index (χ0v) is 16.0. The Balaban J connectivity index is 1.61. The summed E-state index contributed by atoms with van der Waals surface area (Å²) in [4.78, 5) is 25.8. The van der Waals surface area contributed by atoms with Crippen LogP contribution in [0.3, 0.4) is 0 Å². The fourth-order valence-electron chi connectivity index (χ4n) is 4.03. The van der Waals surface area contributed by atoms with Crippen LogP contribution in [-0.2, 0) is 11.3 Å². The fraction of sp³-hybridized carbons (Fsp3) is 0.125. The minimum Gasteiger partial charge on any atom is -0.448 e. The van der Waals surface area contributed by atoms with Gasteiger partial charge in [0.1, 0.15) is 0 Å². The van der Waals surface area contributed by atoms with Gasteiger partial charge in [-0.2, -0.15) is 5.10 Å². The lowest BCUT2D eigenvalue weighted by molar-refractivity contribution is 0.0378. The Morgan fingerprint density at radius 1 is 0.900 bits per heavy atom. The van der Waals surface area contributed by atoms with E-state index in [1.54, 1.807) is 24.3 Å². The monoisotopic (exact) mass is 398 g/mol. The Morgan fingerprint density at radius 3 is 2.10 bits per heavy atom. The first-order chi connectivity index (χ1) is 14.7. The molecule has 6 nitrogen and oxygen atoms in total. The van der Waals surface area contributed by atoms with E-state index < -0.39 is 12.1 Å².